The summed E-state index contributed by atoms with van der Waals surface area (Å²) in [6, 6.07) is 18.6. The molecule has 1 aliphatic rings. The Morgan fingerprint density at radius 2 is 1.88 bits per heavy atom. The number of thioether (sulfide) groups is 1. The zero-order valence-electron chi connectivity index (χ0n) is 14.9. The summed E-state index contributed by atoms with van der Waals surface area (Å²) in [4.78, 5) is 19.3. The van der Waals surface area contributed by atoms with Gasteiger partial charge in [-0.1, -0.05) is 60.3 Å². The molecule has 1 atom stereocenters. The van der Waals surface area contributed by atoms with Crippen LogP contribution in [0.1, 0.15) is 12.5 Å². The van der Waals surface area contributed by atoms with Crippen LogP contribution in [-0.4, -0.2) is 27.3 Å². The van der Waals surface area contributed by atoms with E-state index < -0.39 is 0 Å². The highest BCUT2D eigenvalue weighted by Crippen LogP contribution is 2.33. The van der Waals surface area contributed by atoms with E-state index in [9.17, 15) is 4.79 Å². The molecule has 0 saturated carbocycles. The van der Waals surface area contributed by atoms with Crippen LogP contribution >= 0.6 is 11.8 Å². The van der Waals surface area contributed by atoms with Crippen molar-refractivity contribution >= 4 is 23.4 Å². The molecule has 1 unspecified atom stereocenters. The highest BCUT2D eigenvalue weighted by Gasteiger charge is 2.30. The number of aromatic nitrogens is 2. The van der Waals surface area contributed by atoms with Gasteiger partial charge in [0.2, 0.25) is 5.91 Å². The van der Waals surface area contributed by atoms with Crippen molar-refractivity contribution in [2.75, 3.05) is 10.7 Å². The lowest BCUT2D eigenvalue weighted by Gasteiger charge is -2.22. The Hall–Kier alpha value is -2.53. The van der Waals surface area contributed by atoms with E-state index in [0.717, 1.165) is 28.5 Å². The van der Waals surface area contributed by atoms with Gasteiger partial charge in [-0.05, 0) is 30.5 Å². The molecule has 4 nitrogen and oxygen atoms in total. The van der Waals surface area contributed by atoms with E-state index in [1.54, 1.807) is 0 Å². The summed E-state index contributed by atoms with van der Waals surface area (Å²) in [5, 5.41) is 0.859. The van der Waals surface area contributed by atoms with Crippen molar-refractivity contribution in [3.8, 4) is 11.3 Å². The van der Waals surface area contributed by atoms with E-state index in [4.69, 9.17) is 0 Å². The third kappa shape index (κ3) is 3.03. The van der Waals surface area contributed by atoms with E-state index in [1.165, 1.54) is 17.3 Å². The molecular weight excluding hydrogens is 342 g/mol. The molecule has 132 valence electrons. The van der Waals surface area contributed by atoms with Gasteiger partial charge in [-0.15, -0.1) is 0 Å². The monoisotopic (exact) mass is 363 g/mol. The van der Waals surface area contributed by atoms with Crippen molar-refractivity contribution in [3.63, 3.8) is 0 Å². The Bertz CT molecular complexity index is 935. The SMILES string of the molecule is CC1Cc2ccccc2N1C(=O)CSc1ncc(-c2ccccc2)n1C. The summed E-state index contributed by atoms with van der Waals surface area (Å²) in [5.41, 5.74) is 4.49. The predicted molar refractivity (Wildman–Crippen MR) is 106 cm³/mol. The molecular formula is C21H21N3OS. The molecule has 0 radical (unpaired) electrons. The molecule has 2 heterocycles. The van der Waals surface area contributed by atoms with Gasteiger partial charge < -0.3 is 9.47 Å². The Kier molecular flexibility index (Phi) is 4.55. The molecule has 0 fully saturated rings. The summed E-state index contributed by atoms with van der Waals surface area (Å²) in [5.74, 6) is 0.523. The fourth-order valence-electron chi connectivity index (χ4n) is 3.55. The fourth-order valence-corrected chi connectivity index (χ4v) is 4.36. The molecule has 0 aliphatic carbocycles. The van der Waals surface area contributed by atoms with Gasteiger partial charge in [0.25, 0.3) is 0 Å². The summed E-state index contributed by atoms with van der Waals surface area (Å²) in [6.07, 6.45) is 2.79. The number of amides is 1. The zero-order valence-corrected chi connectivity index (χ0v) is 15.7. The minimum Gasteiger partial charge on any atom is -0.322 e. The number of nitrogens with zero attached hydrogens (tertiary/aromatic N) is 3. The van der Waals surface area contributed by atoms with Crippen molar-refractivity contribution in [3.05, 3.63) is 66.4 Å². The molecule has 0 bridgehead atoms. The second-order valence-electron chi connectivity index (χ2n) is 6.59. The first-order valence-corrected chi connectivity index (χ1v) is 9.73. The Labute approximate surface area is 157 Å². The van der Waals surface area contributed by atoms with Gasteiger partial charge in [0.15, 0.2) is 5.16 Å². The van der Waals surface area contributed by atoms with E-state index in [-0.39, 0.29) is 11.9 Å². The summed E-state index contributed by atoms with van der Waals surface area (Å²) >= 11 is 1.49. The van der Waals surface area contributed by atoms with Crippen LogP contribution in [0.5, 0.6) is 0 Å². The highest BCUT2D eigenvalue weighted by atomic mass is 32.2. The standard InChI is InChI=1S/C21H21N3OS/c1-15-12-17-10-6-7-11-18(17)24(15)20(25)14-26-21-22-13-19(23(21)2)16-8-4-3-5-9-16/h3-11,13,15H,12,14H2,1-2H3. The van der Waals surface area contributed by atoms with Gasteiger partial charge in [0, 0.05) is 18.8 Å². The average molecular weight is 363 g/mol. The minimum absolute atomic E-state index is 0.136. The number of benzene rings is 2. The largest absolute Gasteiger partial charge is 0.322 e. The second-order valence-corrected chi connectivity index (χ2v) is 7.53. The van der Waals surface area contributed by atoms with Crippen LogP contribution in [0.4, 0.5) is 5.69 Å². The lowest BCUT2D eigenvalue weighted by Crippen LogP contribution is -2.37. The Balaban J connectivity index is 1.48. The number of fused-ring (bicyclic) bond motifs is 1. The number of rotatable bonds is 4. The maximum Gasteiger partial charge on any atom is 0.237 e. The van der Waals surface area contributed by atoms with Gasteiger partial charge >= 0.3 is 0 Å². The molecule has 1 aromatic heterocycles. The lowest BCUT2D eigenvalue weighted by molar-refractivity contribution is -0.116. The maximum atomic E-state index is 12.8. The molecule has 0 saturated heterocycles. The first-order valence-electron chi connectivity index (χ1n) is 8.75. The van der Waals surface area contributed by atoms with Gasteiger partial charge in [-0.3, -0.25) is 4.79 Å². The van der Waals surface area contributed by atoms with E-state index in [0.29, 0.717) is 5.75 Å². The van der Waals surface area contributed by atoms with Crippen LogP contribution in [0.25, 0.3) is 11.3 Å². The van der Waals surface area contributed by atoms with Crippen molar-refractivity contribution in [1.82, 2.24) is 9.55 Å². The molecule has 1 aliphatic heterocycles. The number of hydrogen-bond acceptors (Lipinski definition) is 3. The van der Waals surface area contributed by atoms with Crippen LogP contribution in [0.3, 0.4) is 0 Å². The Morgan fingerprint density at radius 3 is 2.69 bits per heavy atom. The van der Waals surface area contributed by atoms with Crippen LogP contribution in [0.15, 0.2) is 66.0 Å². The third-order valence-electron chi connectivity index (χ3n) is 4.82. The third-order valence-corrected chi connectivity index (χ3v) is 5.84. The zero-order chi connectivity index (χ0) is 18.1. The quantitative estimate of drug-likeness (QED) is 0.654. The number of para-hydroxylation sites is 1. The number of carbonyl (C=O) groups is 1. The van der Waals surface area contributed by atoms with E-state index in [2.05, 4.69) is 34.7 Å². The van der Waals surface area contributed by atoms with Crippen molar-refractivity contribution in [2.45, 2.75) is 24.5 Å². The molecule has 4 rings (SSSR count). The average Bonchev–Trinajstić information content (AvgIpc) is 3.19. The number of hydrogen-bond donors (Lipinski definition) is 0. The van der Waals surface area contributed by atoms with E-state index in [1.807, 2.05) is 54.5 Å². The number of anilines is 1. The van der Waals surface area contributed by atoms with Crippen molar-refractivity contribution < 1.29 is 4.79 Å². The summed E-state index contributed by atoms with van der Waals surface area (Å²) < 4.78 is 2.05. The molecule has 2 aromatic carbocycles. The maximum absolute atomic E-state index is 12.8. The van der Waals surface area contributed by atoms with Crippen molar-refractivity contribution in [1.29, 1.82) is 0 Å². The van der Waals surface area contributed by atoms with Crippen LogP contribution in [0.2, 0.25) is 0 Å². The summed E-state index contributed by atoms with van der Waals surface area (Å²) in [7, 11) is 2.00. The van der Waals surface area contributed by atoms with Crippen LogP contribution in [-0.2, 0) is 18.3 Å². The Morgan fingerprint density at radius 1 is 1.15 bits per heavy atom. The molecule has 1 amide bonds. The molecule has 26 heavy (non-hydrogen) atoms. The van der Waals surface area contributed by atoms with E-state index >= 15 is 0 Å². The van der Waals surface area contributed by atoms with Crippen LogP contribution in [0, 0.1) is 0 Å². The molecule has 5 heteroatoms. The number of imidazole rings is 1. The fraction of sp³-hybridized carbons (Fsp3) is 0.238. The van der Waals surface area contributed by atoms with Crippen molar-refractivity contribution in [2.24, 2.45) is 7.05 Å². The van der Waals surface area contributed by atoms with Gasteiger partial charge in [-0.2, -0.15) is 0 Å². The highest BCUT2D eigenvalue weighted by molar-refractivity contribution is 7.99. The molecule has 3 aromatic rings. The smallest absolute Gasteiger partial charge is 0.237 e. The topological polar surface area (TPSA) is 38.1 Å². The lowest BCUT2D eigenvalue weighted by atomic mass is 10.1. The summed E-state index contributed by atoms with van der Waals surface area (Å²) in [6.45, 7) is 2.11. The predicted octanol–water partition coefficient (Wildman–Crippen LogP) is 4.16. The second kappa shape index (κ2) is 7.00. The first-order chi connectivity index (χ1) is 12.6. The molecule has 0 N–H and O–H groups in total. The number of carbonyl (C=O) groups excluding carboxylic acids is 1. The normalized spacial score (nSPS) is 15.9. The van der Waals surface area contributed by atoms with Crippen LogP contribution < -0.4 is 4.90 Å². The van der Waals surface area contributed by atoms with Gasteiger partial charge in [-0.25, -0.2) is 4.98 Å². The first kappa shape index (κ1) is 16.9. The minimum atomic E-state index is 0.136. The molecule has 0 spiro atoms. The van der Waals surface area contributed by atoms with Gasteiger partial charge in [0.1, 0.15) is 0 Å². The van der Waals surface area contributed by atoms with Gasteiger partial charge in [0.05, 0.1) is 17.6 Å².